The maximum Gasteiger partial charge on any atom is 0.282 e. The highest BCUT2D eigenvalue weighted by atomic mass is 19.1. The van der Waals surface area contributed by atoms with Gasteiger partial charge in [0.05, 0.1) is 11.1 Å². The van der Waals surface area contributed by atoms with Crippen LogP contribution in [0.5, 0.6) is 0 Å². The highest BCUT2D eigenvalue weighted by Crippen LogP contribution is 2.21. The zero-order valence-corrected chi connectivity index (χ0v) is 11.5. The molecule has 7 nitrogen and oxygen atoms in total. The van der Waals surface area contributed by atoms with Gasteiger partial charge in [-0.2, -0.15) is 5.10 Å². The maximum atomic E-state index is 13.3. The largest absolute Gasteiger partial charge is 0.337 e. The zero-order valence-electron chi connectivity index (χ0n) is 11.5. The number of halogens is 1. The van der Waals surface area contributed by atoms with Crippen LogP contribution in [0, 0.1) is 15.9 Å². The first kappa shape index (κ1) is 14.6. The van der Waals surface area contributed by atoms with E-state index in [9.17, 15) is 19.3 Å². The topological polar surface area (TPSA) is 81.3 Å². The molecule has 0 atom stereocenters. The fourth-order valence-corrected chi connectivity index (χ4v) is 1.94. The van der Waals surface area contributed by atoms with Gasteiger partial charge < -0.3 is 4.90 Å². The predicted molar refractivity (Wildman–Crippen MR) is 72.1 cm³/mol. The summed E-state index contributed by atoms with van der Waals surface area (Å²) in [6.07, 6.45) is 3.31. The van der Waals surface area contributed by atoms with Crippen molar-refractivity contribution in [3.05, 3.63) is 57.7 Å². The smallest absolute Gasteiger partial charge is 0.282 e. The highest BCUT2D eigenvalue weighted by molar-refractivity contribution is 5.97. The van der Waals surface area contributed by atoms with Crippen molar-refractivity contribution >= 4 is 11.6 Å². The summed E-state index contributed by atoms with van der Waals surface area (Å²) in [7, 11) is 3.23. The molecule has 8 heteroatoms. The quantitative estimate of drug-likeness (QED) is 0.635. The van der Waals surface area contributed by atoms with Crippen molar-refractivity contribution in [2.45, 2.75) is 6.54 Å². The number of hydrogen-bond acceptors (Lipinski definition) is 4. The SMILES string of the molecule is CN(Cc1cnn(C)c1)C(=O)c1cc(F)ccc1[N+](=O)[O-]. The summed E-state index contributed by atoms with van der Waals surface area (Å²) >= 11 is 0. The fourth-order valence-electron chi connectivity index (χ4n) is 1.94. The summed E-state index contributed by atoms with van der Waals surface area (Å²) < 4.78 is 14.8. The van der Waals surface area contributed by atoms with Crippen molar-refractivity contribution in [3.8, 4) is 0 Å². The van der Waals surface area contributed by atoms with Gasteiger partial charge in [-0.1, -0.05) is 0 Å². The summed E-state index contributed by atoms with van der Waals surface area (Å²) in [5, 5.41) is 14.9. The van der Waals surface area contributed by atoms with E-state index >= 15 is 0 Å². The van der Waals surface area contributed by atoms with E-state index in [1.54, 1.807) is 24.1 Å². The normalized spacial score (nSPS) is 10.4. The lowest BCUT2D eigenvalue weighted by molar-refractivity contribution is -0.385. The van der Waals surface area contributed by atoms with Crippen molar-refractivity contribution in [2.75, 3.05) is 7.05 Å². The minimum Gasteiger partial charge on any atom is -0.337 e. The van der Waals surface area contributed by atoms with Gasteiger partial charge in [0.15, 0.2) is 0 Å². The Kier molecular flexibility index (Phi) is 3.97. The Morgan fingerprint density at radius 1 is 1.52 bits per heavy atom. The molecule has 0 fully saturated rings. The molecule has 0 aliphatic heterocycles. The zero-order chi connectivity index (χ0) is 15.6. The molecule has 0 saturated carbocycles. The number of rotatable bonds is 4. The Bertz CT molecular complexity index is 698. The van der Waals surface area contributed by atoms with Crippen LogP contribution >= 0.6 is 0 Å². The molecule has 0 radical (unpaired) electrons. The number of nitro groups is 1. The van der Waals surface area contributed by atoms with Gasteiger partial charge >= 0.3 is 0 Å². The second-order valence-corrected chi connectivity index (χ2v) is 4.60. The molecule has 1 amide bonds. The van der Waals surface area contributed by atoms with Crippen LogP contribution in [0.3, 0.4) is 0 Å². The number of aryl methyl sites for hydroxylation is 1. The number of carbonyl (C=O) groups excluding carboxylic acids is 1. The Morgan fingerprint density at radius 3 is 2.81 bits per heavy atom. The monoisotopic (exact) mass is 292 g/mol. The second-order valence-electron chi connectivity index (χ2n) is 4.60. The third kappa shape index (κ3) is 3.22. The van der Waals surface area contributed by atoms with Gasteiger partial charge in [0.1, 0.15) is 11.4 Å². The summed E-state index contributed by atoms with van der Waals surface area (Å²) in [5.74, 6) is -1.32. The minimum absolute atomic E-state index is 0.223. The number of benzene rings is 1. The summed E-state index contributed by atoms with van der Waals surface area (Å²) in [6.45, 7) is 0.223. The molecule has 21 heavy (non-hydrogen) atoms. The van der Waals surface area contributed by atoms with Gasteiger partial charge in [-0.25, -0.2) is 4.39 Å². The van der Waals surface area contributed by atoms with Crippen LogP contribution in [-0.2, 0) is 13.6 Å². The average molecular weight is 292 g/mol. The van der Waals surface area contributed by atoms with E-state index in [1.807, 2.05) is 0 Å². The van der Waals surface area contributed by atoms with Crippen LogP contribution in [0.1, 0.15) is 15.9 Å². The molecule has 0 spiro atoms. The van der Waals surface area contributed by atoms with E-state index in [-0.39, 0.29) is 12.1 Å². The van der Waals surface area contributed by atoms with Crippen LogP contribution in [0.25, 0.3) is 0 Å². The molecule has 0 bridgehead atoms. The molecular formula is C13H13FN4O3. The first-order valence-corrected chi connectivity index (χ1v) is 6.05. The van der Waals surface area contributed by atoms with E-state index in [0.717, 1.165) is 23.8 Å². The van der Waals surface area contributed by atoms with Crippen molar-refractivity contribution in [1.29, 1.82) is 0 Å². The van der Waals surface area contributed by atoms with Gasteiger partial charge in [-0.05, 0) is 12.1 Å². The van der Waals surface area contributed by atoms with Crippen LogP contribution < -0.4 is 0 Å². The molecule has 0 unspecified atom stereocenters. The lowest BCUT2D eigenvalue weighted by atomic mass is 10.1. The number of carbonyl (C=O) groups is 1. The van der Waals surface area contributed by atoms with E-state index in [1.165, 1.54) is 11.9 Å². The van der Waals surface area contributed by atoms with E-state index in [0.29, 0.717) is 0 Å². The lowest BCUT2D eigenvalue weighted by Crippen LogP contribution is -2.26. The van der Waals surface area contributed by atoms with Crippen molar-refractivity contribution in [3.63, 3.8) is 0 Å². The van der Waals surface area contributed by atoms with E-state index in [2.05, 4.69) is 5.10 Å². The highest BCUT2D eigenvalue weighted by Gasteiger charge is 2.23. The van der Waals surface area contributed by atoms with E-state index in [4.69, 9.17) is 0 Å². The standard InChI is InChI=1S/C13H13FN4O3/c1-16(7-9-6-15-17(2)8-9)13(19)11-5-10(14)3-4-12(11)18(20)21/h3-6,8H,7H2,1-2H3. The van der Waals surface area contributed by atoms with Crippen LogP contribution in [0.4, 0.5) is 10.1 Å². The Balaban J connectivity index is 2.26. The Labute approximate surface area is 119 Å². The molecule has 0 aliphatic carbocycles. The van der Waals surface area contributed by atoms with Gasteiger partial charge in [0.25, 0.3) is 11.6 Å². The molecule has 110 valence electrons. The molecule has 2 aromatic rings. The first-order chi connectivity index (χ1) is 9.88. The Morgan fingerprint density at radius 2 is 2.24 bits per heavy atom. The van der Waals surface area contributed by atoms with Gasteiger partial charge in [-0.3, -0.25) is 19.6 Å². The van der Waals surface area contributed by atoms with Crippen molar-refractivity contribution in [1.82, 2.24) is 14.7 Å². The summed E-state index contributed by atoms with van der Waals surface area (Å²) in [4.78, 5) is 23.8. The minimum atomic E-state index is -0.704. The third-order valence-electron chi connectivity index (χ3n) is 2.91. The molecule has 0 aliphatic rings. The summed E-state index contributed by atoms with van der Waals surface area (Å²) in [6, 6.07) is 2.82. The maximum absolute atomic E-state index is 13.3. The predicted octanol–water partition coefficient (Wildman–Crippen LogP) is 1.74. The molecule has 2 rings (SSSR count). The molecule has 1 aromatic carbocycles. The van der Waals surface area contributed by atoms with Gasteiger partial charge in [0, 0.05) is 38.5 Å². The number of aromatic nitrogens is 2. The van der Waals surface area contributed by atoms with Crippen LogP contribution in [0.15, 0.2) is 30.6 Å². The van der Waals surface area contributed by atoms with Gasteiger partial charge in [0.2, 0.25) is 0 Å². The van der Waals surface area contributed by atoms with E-state index < -0.39 is 22.3 Å². The molecular weight excluding hydrogens is 279 g/mol. The van der Waals surface area contributed by atoms with Crippen LogP contribution in [0.2, 0.25) is 0 Å². The number of amides is 1. The molecule has 0 N–H and O–H groups in total. The van der Waals surface area contributed by atoms with Crippen molar-refractivity contribution in [2.24, 2.45) is 7.05 Å². The summed E-state index contributed by atoms with van der Waals surface area (Å²) in [5.41, 5.74) is 0.0817. The molecule has 1 heterocycles. The first-order valence-electron chi connectivity index (χ1n) is 6.05. The third-order valence-corrected chi connectivity index (χ3v) is 2.91. The lowest BCUT2D eigenvalue weighted by Gasteiger charge is -2.16. The van der Waals surface area contributed by atoms with Crippen molar-refractivity contribution < 1.29 is 14.1 Å². The number of nitro benzene ring substituents is 1. The molecule has 1 aromatic heterocycles. The van der Waals surface area contributed by atoms with Crippen LogP contribution in [-0.4, -0.2) is 32.6 Å². The molecule has 0 saturated heterocycles. The second kappa shape index (κ2) is 5.70. The number of hydrogen-bond donors (Lipinski definition) is 0. The number of nitrogens with zero attached hydrogens (tertiary/aromatic N) is 4. The average Bonchev–Trinajstić information content (AvgIpc) is 2.82. The van der Waals surface area contributed by atoms with Gasteiger partial charge in [-0.15, -0.1) is 0 Å². The Hall–Kier alpha value is -2.77. The fraction of sp³-hybridized carbons (Fsp3) is 0.231.